The van der Waals surface area contributed by atoms with E-state index in [4.69, 9.17) is 11.6 Å². The molecule has 0 aliphatic rings. The summed E-state index contributed by atoms with van der Waals surface area (Å²) in [5.41, 5.74) is 0.698. The molecule has 1 atom stereocenters. The number of nitrogens with one attached hydrogen (secondary N) is 1. The second kappa shape index (κ2) is 6.78. The third-order valence-electron chi connectivity index (χ3n) is 3.24. The van der Waals surface area contributed by atoms with Crippen LogP contribution in [0.2, 0.25) is 5.02 Å². The summed E-state index contributed by atoms with van der Waals surface area (Å²) >= 11 is 5.58. The van der Waals surface area contributed by atoms with Crippen molar-refractivity contribution < 1.29 is 17.9 Å². The van der Waals surface area contributed by atoms with Crippen LogP contribution in [0, 0.1) is 5.82 Å². The van der Waals surface area contributed by atoms with Crippen molar-refractivity contribution in [3.8, 4) is 0 Å². The van der Waals surface area contributed by atoms with Crippen LogP contribution >= 0.6 is 11.6 Å². The zero-order valence-corrected chi connectivity index (χ0v) is 13.4. The van der Waals surface area contributed by atoms with Crippen LogP contribution in [0.25, 0.3) is 0 Å². The first-order valence-corrected chi connectivity index (χ1v) is 8.41. The van der Waals surface area contributed by atoms with Crippen LogP contribution in [0.15, 0.2) is 41.4 Å². The first-order valence-electron chi connectivity index (χ1n) is 6.55. The van der Waals surface area contributed by atoms with Crippen LogP contribution in [0.5, 0.6) is 0 Å². The molecule has 1 aromatic carbocycles. The van der Waals surface area contributed by atoms with Crippen molar-refractivity contribution in [2.45, 2.75) is 17.4 Å². The van der Waals surface area contributed by atoms with Gasteiger partial charge in [-0.2, -0.15) is 0 Å². The minimum Gasteiger partial charge on any atom is -0.387 e. The number of hydrogen-bond acceptors (Lipinski definition) is 3. The molecule has 22 heavy (non-hydrogen) atoms. The Morgan fingerprint density at radius 2 is 2.14 bits per heavy atom. The van der Waals surface area contributed by atoms with E-state index in [1.807, 2.05) is 0 Å². The van der Waals surface area contributed by atoms with Gasteiger partial charge in [-0.1, -0.05) is 11.6 Å². The number of halogens is 2. The Balaban J connectivity index is 1.98. The van der Waals surface area contributed by atoms with Crippen LogP contribution in [0.1, 0.15) is 18.2 Å². The molecule has 0 saturated heterocycles. The predicted octanol–water partition coefficient (Wildman–Crippen LogP) is 2.22. The lowest BCUT2D eigenvalue weighted by Gasteiger charge is -2.13. The molecular formula is C14H16ClFN2O3S. The normalized spacial score (nSPS) is 13.3. The van der Waals surface area contributed by atoms with Crippen LogP contribution in [0.4, 0.5) is 4.39 Å². The summed E-state index contributed by atoms with van der Waals surface area (Å²) in [6.45, 7) is 0.0453. The van der Waals surface area contributed by atoms with Gasteiger partial charge in [0.05, 0.1) is 16.0 Å². The highest BCUT2D eigenvalue weighted by Gasteiger charge is 2.17. The van der Waals surface area contributed by atoms with Gasteiger partial charge in [0.1, 0.15) is 5.82 Å². The van der Waals surface area contributed by atoms with Crippen molar-refractivity contribution in [1.82, 2.24) is 9.29 Å². The molecule has 2 aromatic rings. The van der Waals surface area contributed by atoms with Gasteiger partial charge in [0, 0.05) is 25.5 Å². The molecule has 0 unspecified atom stereocenters. The van der Waals surface area contributed by atoms with Gasteiger partial charge in [-0.15, -0.1) is 0 Å². The van der Waals surface area contributed by atoms with Gasteiger partial charge in [0.15, 0.2) is 0 Å². The van der Waals surface area contributed by atoms with Crippen molar-refractivity contribution >= 4 is 21.6 Å². The maximum absolute atomic E-state index is 13.1. The first-order chi connectivity index (χ1) is 10.3. The van der Waals surface area contributed by atoms with Gasteiger partial charge in [-0.25, -0.2) is 17.5 Å². The van der Waals surface area contributed by atoms with Gasteiger partial charge in [-0.3, -0.25) is 0 Å². The summed E-state index contributed by atoms with van der Waals surface area (Å²) in [7, 11) is -2.00. The van der Waals surface area contributed by atoms with E-state index in [1.165, 1.54) is 0 Å². The molecule has 0 aliphatic heterocycles. The second-order valence-corrected chi connectivity index (χ2v) is 7.00. The maximum Gasteiger partial charge on any atom is 0.240 e. The second-order valence-electron chi connectivity index (χ2n) is 4.82. The molecule has 1 aromatic heterocycles. The lowest BCUT2D eigenvalue weighted by Crippen LogP contribution is -2.26. The van der Waals surface area contributed by atoms with E-state index in [1.54, 1.807) is 29.9 Å². The number of sulfonamides is 1. The molecule has 0 bridgehead atoms. The van der Waals surface area contributed by atoms with Gasteiger partial charge in [-0.05, 0) is 36.8 Å². The van der Waals surface area contributed by atoms with Crippen molar-refractivity contribution in [1.29, 1.82) is 0 Å². The molecule has 1 heterocycles. The molecule has 0 radical (unpaired) electrons. The van der Waals surface area contributed by atoms with Gasteiger partial charge < -0.3 is 9.67 Å². The van der Waals surface area contributed by atoms with E-state index < -0.39 is 21.9 Å². The standard InChI is InChI=1S/C14H16ClFN2O3S/c1-18-8-2-3-13(18)14(19)6-7-17-22(20,21)10-4-5-12(16)11(15)9-10/h2-5,8-9,14,17,19H,6-7H2,1H3/t14-/m1/s1. The van der Waals surface area contributed by atoms with Gasteiger partial charge in [0.25, 0.3) is 0 Å². The summed E-state index contributed by atoms with van der Waals surface area (Å²) in [6, 6.07) is 6.74. The molecule has 2 N–H and O–H groups in total. The Hall–Kier alpha value is -1.41. The SMILES string of the molecule is Cn1cccc1[C@H](O)CCNS(=O)(=O)c1ccc(F)c(Cl)c1. The van der Waals surface area contributed by atoms with Crippen LogP contribution in [0.3, 0.4) is 0 Å². The minimum atomic E-state index is -3.79. The fourth-order valence-electron chi connectivity index (χ4n) is 2.03. The van der Waals surface area contributed by atoms with E-state index in [-0.39, 0.29) is 22.9 Å². The first kappa shape index (κ1) is 17.0. The third kappa shape index (κ3) is 3.86. The number of aromatic nitrogens is 1. The molecule has 0 amide bonds. The van der Waals surface area contributed by atoms with E-state index in [2.05, 4.69) is 4.72 Å². The zero-order chi connectivity index (χ0) is 16.3. The molecule has 8 heteroatoms. The van der Waals surface area contributed by atoms with Gasteiger partial charge in [0.2, 0.25) is 10.0 Å². The summed E-state index contributed by atoms with van der Waals surface area (Å²) in [6.07, 6.45) is 1.23. The largest absolute Gasteiger partial charge is 0.387 e. The highest BCUT2D eigenvalue weighted by atomic mass is 35.5. The summed E-state index contributed by atoms with van der Waals surface area (Å²) in [5, 5.41) is 9.75. The number of nitrogens with zero attached hydrogens (tertiary/aromatic N) is 1. The topological polar surface area (TPSA) is 71.3 Å². The Morgan fingerprint density at radius 1 is 1.41 bits per heavy atom. The summed E-state index contributed by atoms with van der Waals surface area (Å²) < 4.78 is 41.3. The summed E-state index contributed by atoms with van der Waals surface area (Å²) in [4.78, 5) is -0.118. The fourth-order valence-corrected chi connectivity index (χ4v) is 3.34. The number of benzene rings is 1. The van der Waals surface area contributed by atoms with Crippen molar-refractivity contribution in [2.75, 3.05) is 6.54 Å². The Labute approximate surface area is 133 Å². The number of aliphatic hydroxyl groups excluding tert-OH is 1. The quantitative estimate of drug-likeness (QED) is 0.842. The lowest BCUT2D eigenvalue weighted by molar-refractivity contribution is 0.161. The molecule has 0 spiro atoms. The molecule has 120 valence electrons. The number of rotatable bonds is 6. The summed E-state index contributed by atoms with van der Waals surface area (Å²) in [5.74, 6) is -0.681. The monoisotopic (exact) mass is 346 g/mol. The minimum absolute atomic E-state index is 0.0453. The molecular weight excluding hydrogens is 331 g/mol. The average Bonchev–Trinajstić information content (AvgIpc) is 2.87. The average molecular weight is 347 g/mol. The Morgan fingerprint density at radius 3 is 2.73 bits per heavy atom. The van der Waals surface area contributed by atoms with Crippen molar-refractivity contribution in [2.24, 2.45) is 7.05 Å². The highest BCUT2D eigenvalue weighted by molar-refractivity contribution is 7.89. The zero-order valence-electron chi connectivity index (χ0n) is 11.8. The lowest BCUT2D eigenvalue weighted by atomic mass is 10.2. The van der Waals surface area contributed by atoms with Crippen LogP contribution < -0.4 is 4.72 Å². The van der Waals surface area contributed by atoms with Crippen molar-refractivity contribution in [3.05, 3.63) is 53.1 Å². The maximum atomic E-state index is 13.1. The van der Waals surface area contributed by atoms with Crippen LogP contribution in [-0.2, 0) is 17.1 Å². The molecule has 5 nitrogen and oxygen atoms in total. The third-order valence-corrected chi connectivity index (χ3v) is 4.98. The fraction of sp³-hybridized carbons (Fsp3) is 0.286. The van der Waals surface area contributed by atoms with Crippen LogP contribution in [-0.4, -0.2) is 24.6 Å². The molecule has 2 rings (SSSR count). The predicted molar refractivity (Wildman–Crippen MR) is 81.6 cm³/mol. The smallest absolute Gasteiger partial charge is 0.240 e. The molecule has 0 fully saturated rings. The van der Waals surface area contributed by atoms with E-state index in [9.17, 15) is 17.9 Å². The number of aryl methyl sites for hydroxylation is 1. The highest BCUT2D eigenvalue weighted by Crippen LogP contribution is 2.20. The van der Waals surface area contributed by atoms with Gasteiger partial charge >= 0.3 is 0 Å². The van der Waals surface area contributed by atoms with Crippen molar-refractivity contribution in [3.63, 3.8) is 0 Å². The Bertz CT molecular complexity index is 761. The number of aliphatic hydroxyl groups is 1. The van der Waals surface area contributed by atoms with E-state index in [0.29, 0.717) is 5.69 Å². The number of hydrogen-bond donors (Lipinski definition) is 2. The molecule has 0 aliphatic carbocycles. The van der Waals surface area contributed by atoms with E-state index >= 15 is 0 Å². The Kier molecular flexibility index (Phi) is 5.23. The molecule has 0 saturated carbocycles. The van der Waals surface area contributed by atoms with E-state index in [0.717, 1.165) is 18.2 Å².